The van der Waals surface area contributed by atoms with Crippen molar-refractivity contribution in [1.29, 1.82) is 0 Å². The molecule has 3 nitrogen and oxygen atoms in total. The summed E-state index contributed by atoms with van der Waals surface area (Å²) in [4.78, 5) is 4.64. The molecule has 1 aliphatic rings. The molecule has 3 N–H and O–H groups in total. The largest absolute Gasteiger partial charge is 0.399 e. The van der Waals surface area contributed by atoms with Crippen molar-refractivity contribution in [2.75, 3.05) is 11.1 Å². The van der Waals surface area contributed by atoms with Gasteiger partial charge in [0, 0.05) is 17.1 Å². The van der Waals surface area contributed by atoms with E-state index < -0.39 is 0 Å². The van der Waals surface area contributed by atoms with Gasteiger partial charge in [0.2, 0.25) is 0 Å². The second-order valence-electron chi connectivity index (χ2n) is 5.41. The number of anilines is 2. The van der Waals surface area contributed by atoms with Crippen LogP contribution >= 0.6 is 0 Å². The van der Waals surface area contributed by atoms with E-state index in [0.717, 1.165) is 28.3 Å². The lowest BCUT2D eigenvalue weighted by Crippen LogP contribution is -2.16. The first-order valence-electron chi connectivity index (χ1n) is 6.63. The third kappa shape index (κ3) is 2.26. The van der Waals surface area contributed by atoms with E-state index in [1.807, 2.05) is 24.3 Å². The maximum absolute atomic E-state index is 5.77. The maximum Gasteiger partial charge on any atom is 0.126 e. The number of benzene rings is 1. The minimum absolute atomic E-state index is 0.582. The number of pyridine rings is 1. The van der Waals surface area contributed by atoms with Gasteiger partial charge in [0.05, 0.1) is 5.52 Å². The molecule has 0 amide bonds. The Kier molecular flexibility index (Phi) is 2.82. The van der Waals surface area contributed by atoms with Crippen molar-refractivity contribution in [2.45, 2.75) is 32.2 Å². The van der Waals surface area contributed by atoms with Gasteiger partial charge in [0.25, 0.3) is 0 Å². The molecule has 1 heterocycles. The monoisotopic (exact) mass is 241 g/mol. The second kappa shape index (κ2) is 4.48. The van der Waals surface area contributed by atoms with Crippen molar-refractivity contribution in [1.82, 2.24) is 4.98 Å². The second-order valence-corrected chi connectivity index (χ2v) is 5.41. The smallest absolute Gasteiger partial charge is 0.126 e. The predicted molar refractivity (Wildman–Crippen MR) is 76.6 cm³/mol. The van der Waals surface area contributed by atoms with Crippen LogP contribution in [0.2, 0.25) is 0 Å². The Morgan fingerprint density at radius 3 is 2.89 bits per heavy atom. The molecule has 0 aliphatic heterocycles. The van der Waals surface area contributed by atoms with E-state index in [0.29, 0.717) is 6.04 Å². The summed E-state index contributed by atoms with van der Waals surface area (Å²) in [5.74, 6) is 1.81. The third-order valence-electron chi connectivity index (χ3n) is 3.76. The van der Waals surface area contributed by atoms with Gasteiger partial charge in [-0.25, -0.2) is 4.98 Å². The van der Waals surface area contributed by atoms with E-state index in [1.54, 1.807) is 0 Å². The van der Waals surface area contributed by atoms with Gasteiger partial charge < -0.3 is 11.1 Å². The van der Waals surface area contributed by atoms with E-state index in [2.05, 4.69) is 23.3 Å². The van der Waals surface area contributed by atoms with Crippen molar-refractivity contribution in [2.24, 2.45) is 5.92 Å². The van der Waals surface area contributed by atoms with Crippen molar-refractivity contribution in [3.63, 3.8) is 0 Å². The lowest BCUT2D eigenvalue weighted by atomic mass is 10.1. The van der Waals surface area contributed by atoms with Crippen molar-refractivity contribution in [3.8, 4) is 0 Å². The molecule has 2 unspecified atom stereocenters. The van der Waals surface area contributed by atoms with Gasteiger partial charge in [-0.05, 0) is 55.5 Å². The minimum Gasteiger partial charge on any atom is -0.399 e. The van der Waals surface area contributed by atoms with Crippen LogP contribution in [0.4, 0.5) is 11.5 Å². The number of hydrogen-bond donors (Lipinski definition) is 2. The van der Waals surface area contributed by atoms with Crippen molar-refractivity contribution >= 4 is 22.4 Å². The van der Waals surface area contributed by atoms with Crippen LogP contribution in [0.3, 0.4) is 0 Å². The Morgan fingerprint density at radius 1 is 1.22 bits per heavy atom. The van der Waals surface area contributed by atoms with Gasteiger partial charge in [-0.3, -0.25) is 0 Å². The fraction of sp³-hybridized carbons (Fsp3) is 0.400. The molecule has 18 heavy (non-hydrogen) atoms. The van der Waals surface area contributed by atoms with Gasteiger partial charge >= 0.3 is 0 Å². The molecule has 1 aromatic carbocycles. The molecule has 1 fully saturated rings. The molecule has 3 rings (SSSR count). The van der Waals surface area contributed by atoms with Crippen LogP contribution in [0.25, 0.3) is 10.9 Å². The van der Waals surface area contributed by atoms with Crippen molar-refractivity contribution < 1.29 is 0 Å². The van der Waals surface area contributed by atoms with E-state index >= 15 is 0 Å². The van der Waals surface area contributed by atoms with E-state index in [9.17, 15) is 0 Å². The highest BCUT2D eigenvalue weighted by Crippen LogP contribution is 2.27. The summed E-state index contributed by atoms with van der Waals surface area (Å²) in [6, 6.07) is 10.6. The predicted octanol–water partition coefficient (Wildman–Crippen LogP) is 3.42. The third-order valence-corrected chi connectivity index (χ3v) is 3.76. The number of fused-ring (bicyclic) bond motifs is 1. The van der Waals surface area contributed by atoms with Gasteiger partial charge in [0.15, 0.2) is 0 Å². The molecule has 0 radical (unpaired) electrons. The highest BCUT2D eigenvalue weighted by Gasteiger charge is 2.21. The zero-order chi connectivity index (χ0) is 12.5. The molecule has 94 valence electrons. The summed E-state index contributed by atoms with van der Waals surface area (Å²) < 4.78 is 0. The molecule has 3 heteroatoms. The maximum atomic E-state index is 5.77. The summed E-state index contributed by atoms with van der Waals surface area (Å²) >= 11 is 0. The number of nitrogens with zero attached hydrogens (tertiary/aromatic N) is 1. The lowest BCUT2D eigenvalue weighted by molar-refractivity contribution is 0.602. The Labute approximate surface area is 107 Å². The average molecular weight is 241 g/mol. The highest BCUT2D eigenvalue weighted by molar-refractivity contribution is 5.83. The highest BCUT2D eigenvalue weighted by atomic mass is 15.0. The first kappa shape index (κ1) is 11.3. The lowest BCUT2D eigenvalue weighted by Gasteiger charge is -2.13. The van der Waals surface area contributed by atoms with Crippen LogP contribution in [0.15, 0.2) is 30.3 Å². The van der Waals surface area contributed by atoms with Crippen LogP contribution in [0, 0.1) is 5.92 Å². The molecule has 1 aromatic heterocycles. The zero-order valence-electron chi connectivity index (χ0n) is 10.7. The van der Waals surface area contributed by atoms with Crippen LogP contribution in [-0.4, -0.2) is 11.0 Å². The number of nitrogens with two attached hydrogens (primary N) is 1. The number of nitrogen functional groups attached to an aromatic ring is 1. The molecule has 1 saturated carbocycles. The Balaban J connectivity index is 1.82. The first-order chi connectivity index (χ1) is 8.70. The summed E-state index contributed by atoms with van der Waals surface area (Å²) in [6.45, 7) is 2.32. The van der Waals surface area contributed by atoms with E-state index in [-0.39, 0.29) is 0 Å². The molecular weight excluding hydrogens is 222 g/mol. The molecular formula is C15H19N3. The number of nitrogens with one attached hydrogen (secondary N) is 1. The zero-order valence-corrected chi connectivity index (χ0v) is 10.7. The fourth-order valence-corrected chi connectivity index (χ4v) is 2.77. The molecule has 2 aromatic rings. The summed E-state index contributed by atoms with van der Waals surface area (Å²) in [6.07, 6.45) is 3.83. The summed E-state index contributed by atoms with van der Waals surface area (Å²) in [7, 11) is 0. The molecule has 0 bridgehead atoms. The molecule has 0 spiro atoms. The van der Waals surface area contributed by atoms with Gasteiger partial charge in [-0.1, -0.05) is 6.92 Å². The molecule has 2 atom stereocenters. The summed E-state index contributed by atoms with van der Waals surface area (Å²) in [5.41, 5.74) is 7.55. The van der Waals surface area contributed by atoms with Crippen molar-refractivity contribution in [3.05, 3.63) is 30.3 Å². The number of hydrogen-bond acceptors (Lipinski definition) is 3. The SMILES string of the molecule is CC1CCC(Nc2ccc3cc(N)ccc3n2)C1. The fourth-order valence-electron chi connectivity index (χ4n) is 2.77. The van der Waals surface area contributed by atoms with Crippen LogP contribution in [0.1, 0.15) is 26.2 Å². The van der Waals surface area contributed by atoms with Crippen LogP contribution < -0.4 is 11.1 Å². The molecule has 1 aliphatic carbocycles. The summed E-state index contributed by atoms with van der Waals surface area (Å²) in [5, 5.41) is 4.63. The van der Waals surface area contributed by atoms with Gasteiger partial charge in [0.1, 0.15) is 5.82 Å². The van der Waals surface area contributed by atoms with E-state index in [4.69, 9.17) is 5.73 Å². The van der Waals surface area contributed by atoms with E-state index in [1.165, 1.54) is 19.3 Å². The van der Waals surface area contributed by atoms with Crippen LogP contribution in [-0.2, 0) is 0 Å². The first-order valence-corrected chi connectivity index (χ1v) is 6.63. The van der Waals surface area contributed by atoms with Crippen LogP contribution in [0.5, 0.6) is 0 Å². The minimum atomic E-state index is 0.582. The Hall–Kier alpha value is -1.77. The standard InChI is InChI=1S/C15H19N3/c1-10-2-5-13(8-10)17-15-7-3-11-9-12(16)4-6-14(11)18-15/h3-4,6-7,9-10,13H,2,5,8,16H2,1H3,(H,17,18). The topological polar surface area (TPSA) is 50.9 Å². The van der Waals surface area contributed by atoms with Gasteiger partial charge in [-0.15, -0.1) is 0 Å². The average Bonchev–Trinajstić information content (AvgIpc) is 2.75. The quantitative estimate of drug-likeness (QED) is 0.792. The van der Waals surface area contributed by atoms with Gasteiger partial charge in [-0.2, -0.15) is 0 Å². The number of rotatable bonds is 2. The Morgan fingerprint density at radius 2 is 2.11 bits per heavy atom. The Bertz CT molecular complexity index is 565. The molecule has 0 saturated heterocycles. The normalized spacial score (nSPS) is 23.4. The number of aromatic nitrogens is 1.